The van der Waals surface area contributed by atoms with Crippen LogP contribution in [0.5, 0.6) is 5.75 Å². The van der Waals surface area contributed by atoms with E-state index in [1.807, 2.05) is 38.4 Å². The molecule has 0 unspecified atom stereocenters. The van der Waals surface area contributed by atoms with Gasteiger partial charge in [0.1, 0.15) is 5.75 Å². The highest BCUT2D eigenvalue weighted by atomic mass is 16.5. The Bertz CT molecular complexity index is 422. The van der Waals surface area contributed by atoms with Crippen LogP contribution in [0.4, 0.5) is 0 Å². The molecule has 1 aliphatic heterocycles. The Labute approximate surface area is 115 Å². The van der Waals surface area contributed by atoms with Crippen LogP contribution in [0, 0.1) is 5.92 Å². The van der Waals surface area contributed by atoms with Crippen molar-refractivity contribution < 1.29 is 9.84 Å². The summed E-state index contributed by atoms with van der Waals surface area (Å²) in [5.74, 6) is 0.983. The van der Waals surface area contributed by atoms with Crippen molar-refractivity contribution in [3.05, 3.63) is 29.8 Å². The van der Waals surface area contributed by atoms with Crippen LogP contribution in [0.25, 0.3) is 0 Å². The van der Waals surface area contributed by atoms with Crippen molar-refractivity contribution in [2.75, 3.05) is 40.8 Å². The quantitative estimate of drug-likeness (QED) is 0.853. The molecule has 106 valence electrons. The smallest absolute Gasteiger partial charge is 0.119 e. The van der Waals surface area contributed by atoms with Crippen LogP contribution in [0.3, 0.4) is 0 Å². The van der Waals surface area contributed by atoms with Gasteiger partial charge in [-0.05, 0) is 44.8 Å². The van der Waals surface area contributed by atoms with Crippen LogP contribution >= 0.6 is 0 Å². The number of rotatable bonds is 4. The van der Waals surface area contributed by atoms with Gasteiger partial charge in [0, 0.05) is 19.0 Å². The number of nitrogens with one attached hydrogen (secondary N) is 1. The Hall–Kier alpha value is -1.10. The maximum absolute atomic E-state index is 11.1. The Kier molecular flexibility index (Phi) is 4.45. The van der Waals surface area contributed by atoms with E-state index < -0.39 is 5.60 Å². The Morgan fingerprint density at radius 1 is 1.47 bits per heavy atom. The fraction of sp³-hybridized carbons (Fsp3) is 0.600. The number of piperidine rings is 1. The molecule has 19 heavy (non-hydrogen) atoms. The second-order valence-corrected chi connectivity index (χ2v) is 5.57. The molecule has 1 aromatic carbocycles. The summed E-state index contributed by atoms with van der Waals surface area (Å²) in [5, 5.41) is 14.5. The standard InChI is InChI=1S/C15H24N2O2/c1-17(2)11-13-10-16-8-7-15(13,18)12-5-4-6-14(9-12)19-3/h4-6,9,13,16,18H,7-8,10-11H2,1-3H3/t13-,15-/m0/s1. The molecule has 1 fully saturated rings. The summed E-state index contributed by atoms with van der Waals surface area (Å²) in [7, 11) is 5.74. The Morgan fingerprint density at radius 2 is 2.26 bits per heavy atom. The van der Waals surface area contributed by atoms with E-state index in [1.165, 1.54) is 0 Å². The molecule has 4 heteroatoms. The lowest BCUT2D eigenvalue weighted by atomic mass is 9.76. The molecule has 2 N–H and O–H groups in total. The minimum absolute atomic E-state index is 0.184. The van der Waals surface area contributed by atoms with Gasteiger partial charge in [-0.25, -0.2) is 0 Å². The van der Waals surface area contributed by atoms with Gasteiger partial charge in [0.05, 0.1) is 12.7 Å². The van der Waals surface area contributed by atoms with Gasteiger partial charge in [-0.15, -0.1) is 0 Å². The molecule has 2 atom stereocenters. The predicted octanol–water partition coefficient (Wildman–Crippen LogP) is 1.05. The molecule has 1 saturated heterocycles. The van der Waals surface area contributed by atoms with Gasteiger partial charge in [0.15, 0.2) is 0 Å². The average molecular weight is 264 g/mol. The van der Waals surface area contributed by atoms with E-state index in [0.29, 0.717) is 0 Å². The normalized spacial score (nSPS) is 27.5. The van der Waals surface area contributed by atoms with Gasteiger partial charge in [-0.2, -0.15) is 0 Å². The monoisotopic (exact) mass is 264 g/mol. The largest absolute Gasteiger partial charge is 0.497 e. The lowest BCUT2D eigenvalue weighted by Gasteiger charge is -2.42. The van der Waals surface area contributed by atoms with Crippen molar-refractivity contribution in [1.29, 1.82) is 0 Å². The fourth-order valence-corrected chi connectivity index (χ4v) is 2.86. The van der Waals surface area contributed by atoms with E-state index >= 15 is 0 Å². The van der Waals surface area contributed by atoms with Crippen LogP contribution in [-0.2, 0) is 5.60 Å². The minimum atomic E-state index is -0.774. The van der Waals surface area contributed by atoms with Crippen LogP contribution in [-0.4, -0.2) is 50.8 Å². The summed E-state index contributed by atoms with van der Waals surface area (Å²) >= 11 is 0. The third-order valence-electron chi connectivity index (χ3n) is 3.90. The van der Waals surface area contributed by atoms with E-state index in [0.717, 1.165) is 37.4 Å². The second kappa shape index (κ2) is 5.90. The molecule has 2 rings (SSSR count). The zero-order chi connectivity index (χ0) is 13.9. The maximum Gasteiger partial charge on any atom is 0.119 e. The van der Waals surface area contributed by atoms with E-state index in [4.69, 9.17) is 4.74 Å². The first-order valence-corrected chi connectivity index (χ1v) is 6.78. The summed E-state index contributed by atoms with van der Waals surface area (Å²) in [4.78, 5) is 2.13. The topological polar surface area (TPSA) is 44.7 Å². The molecule has 1 aliphatic rings. The summed E-state index contributed by atoms with van der Waals surface area (Å²) < 4.78 is 5.27. The molecule has 4 nitrogen and oxygen atoms in total. The van der Waals surface area contributed by atoms with Crippen molar-refractivity contribution in [3.8, 4) is 5.75 Å². The van der Waals surface area contributed by atoms with Crippen molar-refractivity contribution in [2.24, 2.45) is 5.92 Å². The van der Waals surface area contributed by atoms with Gasteiger partial charge in [-0.3, -0.25) is 0 Å². The van der Waals surface area contributed by atoms with Crippen molar-refractivity contribution in [2.45, 2.75) is 12.0 Å². The van der Waals surface area contributed by atoms with Gasteiger partial charge >= 0.3 is 0 Å². The molecule has 0 amide bonds. The van der Waals surface area contributed by atoms with E-state index in [1.54, 1.807) is 7.11 Å². The summed E-state index contributed by atoms with van der Waals surface area (Å²) in [5.41, 5.74) is 0.185. The molecular weight excluding hydrogens is 240 g/mol. The van der Waals surface area contributed by atoms with Gasteiger partial charge < -0.3 is 20.1 Å². The molecule has 1 heterocycles. The van der Waals surface area contributed by atoms with Crippen molar-refractivity contribution in [1.82, 2.24) is 10.2 Å². The number of benzene rings is 1. The van der Waals surface area contributed by atoms with Crippen LogP contribution in [0.2, 0.25) is 0 Å². The average Bonchev–Trinajstić information content (AvgIpc) is 2.41. The van der Waals surface area contributed by atoms with Gasteiger partial charge in [-0.1, -0.05) is 12.1 Å². The third-order valence-corrected chi connectivity index (χ3v) is 3.90. The van der Waals surface area contributed by atoms with E-state index in [9.17, 15) is 5.11 Å². The lowest BCUT2D eigenvalue weighted by Crippen LogP contribution is -2.51. The zero-order valence-electron chi connectivity index (χ0n) is 12.0. The number of ether oxygens (including phenoxy) is 1. The zero-order valence-corrected chi connectivity index (χ0v) is 12.0. The number of nitrogens with zero attached hydrogens (tertiary/aromatic N) is 1. The van der Waals surface area contributed by atoms with Crippen molar-refractivity contribution in [3.63, 3.8) is 0 Å². The summed E-state index contributed by atoms with van der Waals surface area (Å²) in [6.45, 7) is 2.55. The first-order valence-electron chi connectivity index (χ1n) is 6.78. The van der Waals surface area contributed by atoms with E-state index in [2.05, 4.69) is 10.2 Å². The molecular formula is C15H24N2O2. The molecule has 0 bridgehead atoms. The van der Waals surface area contributed by atoms with E-state index in [-0.39, 0.29) is 5.92 Å². The molecule has 1 aromatic rings. The van der Waals surface area contributed by atoms with Crippen molar-refractivity contribution >= 4 is 0 Å². The third kappa shape index (κ3) is 3.08. The predicted molar refractivity (Wildman–Crippen MR) is 76.4 cm³/mol. The molecule has 0 saturated carbocycles. The molecule has 0 spiro atoms. The maximum atomic E-state index is 11.1. The molecule has 0 aliphatic carbocycles. The Morgan fingerprint density at radius 3 is 2.95 bits per heavy atom. The highest BCUT2D eigenvalue weighted by molar-refractivity contribution is 5.33. The summed E-state index contributed by atoms with van der Waals surface area (Å²) in [6.07, 6.45) is 0.735. The number of hydrogen-bond donors (Lipinski definition) is 2. The number of aliphatic hydroxyl groups is 1. The van der Waals surface area contributed by atoms with Gasteiger partial charge in [0.2, 0.25) is 0 Å². The lowest BCUT2D eigenvalue weighted by molar-refractivity contribution is -0.0541. The first kappa shape index (κ1) is 14.3. The number of hydrogen-bond acceptors (Lipinski definition) is 4. The number of methoxy groups -OCH3 is 1. The summed E-state index contributed by atoms with van der Waals surface area (Å²) in [6, 6.07) is 7.81. The highest BCUT2D eigenvalue weighted by Crippen LogP contribution is 2.36. The van der Waals surface area contributed by atoms with Crippen LogP contribution in [0.1, 0.15) is 12.0 Å². The molecule has 0 radical (unpaired) electrons. The van der Waals surface area contributed by atoms with Crippen LogP contribution in [0.15, 0.2) is 24.3 Å². The second-order valence-electron chi connectivity index (χ2n) is 5.57. The minimum Gasteiger partial charge on any atom is -0.497 e. The molecule has 0 aromatic heterocycles. The SMILES string of the molecule is COc1cccc([C@@]2(O)CCNC[C@H]2CN(C)C)c1. The van der Waals surface area contributed by atoms with Gasteiger partial charge in [0.25, 0.3) is 0 Å². The highest BCUT2D eigenvalue weighted by Gasteiger charge is 2.40. The van der Waals surface area contributed by atoms with Crippen LogP contribution < -0.4 is 10.1 Å². The Balaban J connectivity index is 2.30. The first-order chi connectivity index (χ1) is 9.06. The fourth-order valence-electron chi connectivity index (χ4n) is 2.86.